The monoisotopic (exact) mass is 443 g/mol. The maximum absolute atomic E-state index is 12.7. The second kappa shape index (κ2) is 8.25. The Morgan fingerprint density at radius 3 is 2.60 bits per heavy atom. The van der Waals surface area contributed by atoms with Crippen LogP contribution in [0, 0.1) is 0 Å². The molecule has 152 valence electrons. The summed E-state index contributed by atoms with van der Waals surface area (Å²) in [5.41, 5.74) is 0.839. The molecular weight excluding hydrogens is 430 g/mol. The van der Waals surface area contributed by atoms with Crippen LogP contribution in [-0.2, 0) is 16.1 Å². The second-order valence-corrected chi connectivity index (χ2v) is 7.66. The molecule has 0 aliphatic carbocycles. The van der Waals surface area contributed by atoms with E-state index in [1.54, 1.807) is 24.3 Å². The first-order valence-electron chi connectivity index (χ1n) is 8.73. The number of thioether (sulfide) groups is 1. The van der Waals surface area contributed by atoms with Gasteiger partial charge < -0.3 is 13.6 Å². The van der Waals surface area contributed by atoms with Crippen molar-refractivity contribution in [2.24, 2.45) is 0 Å². The maximum Gasteiger partial charge on any atom is 0.373 e. The highest BCUT2D eigenvalue weighted by Gasteiger charge is 2.36. The van der Waals surface area contributed by atoms with Crippen LogP contribution in [0.2, 0.25) is 5.02 Å². The lowest BCUT2D eigenvalue weighted by molar-refractivity contribution is -0.123. The van der Waals surface area contributed by atoms with Crippen molar-refractivity contribution in [3.05, 3.63) is 75.7 Å². The number of hydrogen-bond donors (Lipinski definition) is 0. The largest absolute Gasteiger partial charge is 0.463 e. The molecule has 0 bridgehead atoms. The summed E-state index contributed by atoms with van der Waals surface area (Å²) in [6.45, 7) is -0.0901. The van der Waals surface area contributed by atoms with Crippen molar-refractivity contribution in [2.75, 3.05) is 7.11 Å². The Labute approximate surface area is 180 Å². The number of nitrogens with zero attached hydrogens (tertiary/aromatic N) is 1. The van der Waals surface area contributed by atoms with Crippen molar-refractivity contribution in [1.29, 1.82) is 0 Å². The van der Waals surface area contributed by atoms with Gasteiger partial charge in [0.1, 0.15) is 17.3 Å². The molecule has 0 radical (unpaired) electrons. The van der Waals surface area contributed by atoms with Gasteiger partial charge in [0.15, 0.2) is 0 Å². The molecule has 3 aromatic rings. The molecule has 4 rings (SSSR count). The fourth-order valence-corrected chi connectivity index (χ4v) is 3.74. The summed E-state index contributed by atoms with van der Waals surface area (Å²) in [6, 6.07) is 13.6. The number of furan rings is 2. The van der Waals surface area contributed by atoms with Crippen LogP contribution in [0.3, 0.4) is 0 Å². The van der Waals surface area contributed by atoms with Crippen LogP contribution in [-0.4, -0.2) is 29.1 Å². The van der Waals surface area contributed by atoms with Crippen molar-refractivity contribution in [1.82, 2.24) is 4.90 Å². The zero-order valence-corrected chi connectivity index (χ0v) is 17.2. The summed E-state index contributed by atoms with van der Waals surface area (Å²) in [4.78, 5) is 37.7. The van der Waals surface area contributed by atoms with Gasteiger partial charge >= 0.3 is 5.97 Å². The molecule has 0 unspecified atom stereocenters. The second-order valence-electron chi connectivity index (χ2n) is 6.23. The number of ether oxygens (including phenoxy) is 1. The Kier molecular flexibility index (Phi) is 5.52. The summed E-state index contributed by atoms with van der Waals surface area (Å²) >= 11 is 6.71. The van der Waals surface area contributed by atoms with E-state index in [4.69, 9.17) is 20.4 Å². The third-order valence-electron chi connectivity index (χ3n) is 4.26. The van der Waals surface area contributed by atoms with Crippen molar-refractivity contribution in [3.8, 4) is 11.3 Å². The number of halogens is 1. The number of benzene rings is 1. The van der Waals surface area contributed by atoms with E-state index >= 15 is 0 Å². The van der Waals surface area contributed by atoms with E-state index in [1.165, 1.54) is 25.3 Å². The van der Waals surface area contributed by atoms with Gasteiger partial charge in [0.05, 0.1) is 18.6 Å². The molecule has 1 aliphatic rings. The Morgan fingerprint density at radius 2 is 1.87 bits per heavy atom. The minimum absolute atomic E-state index is 0.000304. The number of imide groups is 1. The average Bonchev–Trinajstić information content (AvgIpc) is 3.45. The summed E-state index contributed by atoms with van der Waals surface area (Å²) in [6.07, 6.45) is 1.52. The highest BCUT2D eigenvalue weighted by atomic mass is 35.5. The van der Waals surface area contributed by atoms with E-state index in [1.807, 2.05) is 12.1 Å². The number of amides is 2. The van der Waals surface area contributed by atoms with Crippen LogP contribution in [0.15, 0.2) is 62.3 Å². The maximum atomic E-state index is 12.7. The molecule has 0 spiro atoms. The van der Waals surface area contributed by atoms with E-state index in [0.29, 0.717) is 22.3 Å². The number of methoxy groups -OCH3 is 1. The predicted molar refractivity (Wildman–Crippen MR) is 111 cm³/mol. The van der Waals surface area contributed by atoms with Gasteiger partial charge in [-0.25, -0.2) is 4.79 Å². The fraction of sp³-hybridized carbons (Fsp3) is 0.0952. The van der Waals surface area contributed by atoms with E-state index < -0.39 is 17.1 Å². The first kappa shape index (κ1) is 20.1. The third-order valence-corrected chi connectivity index (χ3v) is 5.42. The number of hydrogen-bond acceptors (Lipinski definition) is 7. The molecule has 1 fully saturated rings. The zero-order valence-electron chi connectivity index (χ0n) is 15.6. The molecule has 9 heteroatoms. The lowest BCUT2D eigenvalue weighted by Gasteiger charge is -2.09. The quantitative estimate of drug-likeness (QED) is 0.394. The van der Waals surface area contributed by atoms with Crippen LogP contribution in [0.25, 0.3) is 17.4 Å². The molecule has 1 aromatic carbocycles. The number of esters is 1. The van der Waals surface area contributed by atoms with Crippen LogP contribution >= 0.6 is 23.4 Å². The first-order valence-corrected chi connectivity index (χ1v) is 9.92. The molecule has 3 heterocycles. The van der Waals surface area contributed by atoms with Crippen molar-refractivity contribution >= 4 is 46.6 Å². The molecule has 0 atom stereocenters. The summed E-state index contributed by atoms with van der Waals surface area (Å²) < 4.78 is 15.7. The van der Waals surface area contributed by atoms with Gasteiger partial charge in [0, 0.05) is 16.7 Å². The predicted octanol–water partition coefficient (Wildman–Crippen LogP) is 5.22. The van der Waals surface area contributed by atoms with Crippen molar-refractivity contribution < 1.29 is 28.0 Å². The van der Waals surface area contributed by atoms with Crippen LogP contribution in [0.5, 0.6) is 0 Å². The lowest BCUT2D eigenvalue weighted by Crippen LogP contribution is -2.27. The highest BCUT2D eigenvalue weighted by Crippen LogP contribution is 2.34. The normalized spacial score (nSPS) is 15.3. The minimum Gasteiger partial charge on any atom is -0.463 e. The first-order chi connectivity index (χ1) is 14.4. The van der Waals surface area contributed by atoms with Crippen molar-refractivity contribution in [3.63, 3.8) is 0 Å². The Bertz CT molecular complexity index is 1160. The number of carbonyl (C=O) groups is 3. The number of rotatable bonds is 5. The van der Waals surface area contributed by atoms with Gasteiger partial charge in [-0.05, 0) is 60.3 Å². The molecule has 7 nitrogen and oxygen atoms in total. The molecule has 30 heavy (non-hydrogen) atoms. The van der Waals surface area contributed by atoms with Gasteiger partial charge in [-0.15, -0.1) is 0 Å². The van der Waals surface area contributed by atoms with Crippen LogP contribution in [0.4, 0.5) is 4.79 Å². The van der Waals surface area contributed by atoms with E-state index in [-0.39, 0.29) is 17.2 Å². The summed E-state index contributed by atoms with van der Waals surface area (Å²) in [7, 11) is 1.23. The van der Waals surface area contributed by atoms with Gasteiger partial charge in [0.2, 0.25) is 5.76 Å². The van der Waals surface area contributed by atoms with E-state index in [0.717, 1.165) is 22.2 Å². The minimum atomic E-state index is -0.635. The molecule has 2 aromatic heterocycles. The smallest absolute Gasteiger partial charge is 0.373 e. The Morgan fingerprint density at radius 1 is 1.10 bits per heavy atom. The van der Waals surface area contributed by atoms with Crippen molar-refractivity contribution in [2.45, 2.75) is 6.54 Å². The fourth-order valence-electron chi connectivity index (χ4n) is 2.79. The standard InChI is InChI=1S/C21H14ClNO6S/c1-27-20(25)17-9-7-15(29-17)11-23-19(24)18(30-21(23)26)10-14-6-8-16(28-14)12-2-4-13(22)5-3-12/h2-10H,11H2,1H3. The SMILES string of the molecule is COC(=O)c1ccc(CN2C(=O)SC(=Cc3ccc(-c4ccc(Cl)cc4)o3)C2=O)o1. The molecular formula is C21H14ClNO6S. The molecule has 1 saturated heterocycles. The zero-order chi connectivity index (χ0) is 21.3. The summed E-state index contributed by atoms with van der Waals surface area (Å²) in [5, 5.41) is 0.182. The Balaban J connectivity index is 1.50. The van der Waals surface area contributed by atoms with Gasteiger partial charge in [0.25, 0.3) is 11.1 Å². The third kappa shape index (κ3) is 4.05. The molecule has 0 saturated carbocycles. The van der Waals surface area contributed by atoms with Gasteiger partial charge in [-0.2, -0.15) is 0 Å². The average molecular weight is 444 g/mol. The van der Waals surface area contributed by atoms with Crippen LogP contribution < -0.4 is 0 Å². The van der Waals surface area contributed by atoms with Gasteiger partial charge in [-0.1, -0.05) is 11.6 Å². The molecule has 2 amide bonds. The lowest BCUT2D eigenvalue weighted by atomic mass is 10.2. The van der Waals surface area contributed by atoms with Crippen LogP contribution in [0.1, 0.15) is 22.1 Å². The topological polar surface area (TPSA) is 90.0 Å². The highest BCUT2D eigenvalue weighted by molar-refractivity contribution is 8.18. The molecule has 0 N–H and O–H groups in total. The number of carbonyl (C=O) groups excluding carboxylic acids is 3. The van der Waals surface area contributed by atoms with Gasteiger partial charge in [-0.3, -0.25) is 14.5 Å². The summed E-state index contributed by atoms with van der Waals surface area (Å²) in [5.74, 6) is 0.247. The molecule has 1 aliphatic heterocycles. The van der Waals surface area contributed by atoms with E-state index in [9.17, 15) is 14.4 Å². The van der Waals surface area contributed by atoms with E-state index in [2.05, 4.69) is 4.74 Å². The Hall–Kier alpha value is -3.23.